The second-order valence-electron chi connectivity index (χ2n) is 9.38. The van der Waals surface area contributed by atoms with Crippen molar-refractivity contribution in [3.63, 3.8) is 0 Å². The molecule has 10 heteroatoms. The average Bonchev–Trinajstić information content (AvgIpc) is 2.91. The Morgan fingerprint density at radius 3 is 2.21 bits per heavy atom. The van der Waals surface area contributed by atoms with Crippen LogP contribution in [0.1, 0.15) is 38.3 Å². The molecule has 3 rings (SSSR count). The Bertz CT molecular complexity index is 1420. The van der Waals surface area contributed by atoms with Gasteiger partial charge in [-0.3, -0.25) is 13.9 Å². The topological polar surface area (TPSA) is 86.8 Å². The number of hydrogen-bond donors (Lipinski definition) is 1. The van der Waals surface area contributed by atoms with E-state index in [4.69, 9.17) is 11.6 Å². The summed E-state index contributed by atoms with van der Waals surface area (Å²) in [7, 11) is -4.25. The van der Waals surface area contributed by atoms with Crippen molar-refractivity contribution in [2.45, 2.75) is 57.6 Å². The molecule has 0 bridgehead atoms. The van der Waals surface area contributed by atoms with Gasteiger partial charge in [0, 0.05) is 18.2 Å². The van der Waals surface area contributed by atoms with Gasteiger partial charge >= 0.3 is 0 Å². The lowest BCUT2D eigenvalue weighted by molar-refractivity contribution is -0.139. The van der Waals surface area contributed by atoms with E-state index in [1.807, 2.05) is 20.8 Å². The van der Waals surface area contributed by atoms with Crippen molar-refractivity contribution in [1.82, 2.24) is 10.2 Å². The molecule has 0 aromatic heterocycles. The van der Waals surface area contributed by atoms with Crippen LogP contribution in [0.5, 0.6) is 0 Å². The fraction of sp³-hybridized carbons (Fsp3) is 0.310. The molecule has 0 aliphatic rings. The van der Waals surface area contributed by atoms with Crippen molar-refractivity contribution in [1.29, 1.82) is 0 Å². The van der Waals surface area contributed by atoms with Gasteiger partial charge in [0.2, 0.25) is 11.8 Å². The van der Waals surface area contributed by atoms with Crippen molar-refractivity contribution in [2.24, 2.45) is 0 Å². The Kier molecular flexibility index (Phi) is 10.1. The number of hydrogen-bond acceptors (Lipinski definition) is 4. The van der Waals surface area contributed by atoms with Gasteiger partial charge in [0.05, 0.1) is 15.6 Å². The zero-order valence-electron chi connectivity index (χ0n) is 22.4. The first-order chi connectivity index (χ1) is 18.4. The van der Waals surface area contributed by atoms with Crippen LogP contribution in [0.2, 0.25) is 5.02 Å². The highest BCUT2D eigenvalue weighted by Gasteiger charge is 2.33. The van der Waals surface area contributed by atoms with E-state index in [0.29, 0.717) is 6.42 Å². The van der Waals surface area contributed by atoms with Gasteiger partial charge in [0.15, 0.2) is 0 Å². The number of nitrogens with one attached hydrogen (secondary N) is 1. The number of carbonyl (C=O) groups excluding carboxylic acids is 2. The van der Waals surface area contributed by atoms with Crippen LogP contribution in [-0.2, 0) is 26.2 Å². The van der Waals surface area contributed by atoms with E-state index < -0.39 is 40.2 Å². The van der Waals surface area contributed by atoms with E-state index in [1.54, 1.807) is 30.3 Å². The summed E-state index contributed by atoms with van der Waals surface area (Å²) in [6.45, 7) is 6.22. The number of carbonyl (C=O) groups is 2. The summed E-state index contributed by atoms with van der Waals surface area (Å²) in [5.74, 6) is -1.67. The second kappa shape index (κ2) is 13.1. The minimum absolute atomic E-state index is 0.0240. The average molecular weight is 574 g/mol. The van der Waals surface area contributed by atoms with Crippen LogP contribution >= 0.6 is 11.6 Å². The Balaban J connectivity index is 2.05. The van der Waals surface area contributed by atoms with Gasteiger partial charge in [-0.05, 0) is 57.5 Å². The van der Waals surface area contributed by atoms with Gasteiger partial charge in [-0.25, -0.2) is 12.8 Å². The molecule has 0 spiro atoms. The van der Waals surface area contributed by atoms with Crippen molar-refractivity contribution in [3.8, 4) is 0 Å². The molecule has 1 N–H and O–H groups in total. The summed E-state index contributed by atoms with van der Waals surface area (Å²) in [5.41, 5.74) is 1.17. The maximum atomic E-state index is 14.6. The highest BCUT2D eigenvalue weighted by atomic mass is 35.5. The molecule has 208 valence electrons. The predicted octanol–water partition coefficient (Wildman–Crippen LogP) is 5.31. The minimum Gasteiger partial charge on any atom is -0.352 e. The number of nitrogens with zero attached hydrogens (tertiary/aromatic N) is 2. The van der Waals surface area contributed by atoms with Crippen LogP contribution in [0.25, 0.3) is 0 Å². The molecule has 0 saturated heterocycles. The number of anilines is 1. The fourth-order valence-corrected chi connectivity index (χ4v) is 5.58. The minimum atomic E-state index is -4.25. The number of halogens is 2. The van der Waals surface area contributed by atoms with Crippen molar-refractivity contribution in [2.75, 3.05) is 10.8 Å². The smallest absolute Gasteiger partial charge is 0.264 e. The molecule has 0 aliphatic carbocycles. The van der Waals surface area contributed by atoms with Crippen LogP contribution in [0.15, 0.2) is 77.7 Å². The van der Waals surface area contributed by atoms with Crippen molar-refractivity contribution in [3.05, 3.63) is 94.8 Å². The largest absolute Gasteiger partial charge is 0.352 e. The highest BCUT2D eigenvalue weighted by Crippen LogP contribution is 2.31. The van der Waals surface area contributed by atoms with Crippen LogP contribution in [-0.4, -0.2) is 43.8 Å². The van der Waals surface area contributed by atoms with Gasteiger partial charge in [-0.2, -0.15) is 0 Å². The first-order valence-electron chi connectivity index (χ1n) is 12.6. The van der Waals surface area contributed by atoms with Crippen LogP contribution in [0.3, 0.4) is 0 Å². The zero-order valence-corrected chi connectivity index (χ0v) is 24.0. The van der Waals surface area contributed by atoms with E-state index in [9.17, 15) is 22.4 Å². The lowest BCUT2D eigenvalue weighted by Gasteiger charge is -2.32. The van der Waals surface area contributed by atoms with Crippen molar-refractivity contribution >= 4 is 39.1 Å². The van der Waals surface area contributed by atoms with Crippen LogP contribution in [0, 0.1) is 12.7 Å². The summed E-state index contributed by atoms with van der Waals surface area (Å²) in [6.07, 6.45) is 0.675. The van der Waals surface area contributed by atoms with Gasteiger partial charge in [0.1, 0.15) is 18.4 Å². The van der Waals surface area contributed by atoms with Gasteiger partial charge in [-0.1, -0.05) is 66.6 Å². The lowest BCUT2D eigenvalue weighted by Crippen LogP contribution is -2.52. The van der Waals surface area contributed by atoms with Gasteiger partial charge in [-0.15, -0.1) is 0 Å². The molecular weight excluding hydrogens is 541 g/mol. The Morgan fingerprint density at radius 1 is 0.974 bits per heavy atom. The Labute approximate surface area is 234 Å². The zero-order chi connectivity index (χ0) is 28.7. The molecule has 0 heterocycles. The number of aryl methyl sites for hydroxylation is 1. The third-order valence-electron chi connectivity index (χ3n) is 6.48. The molecule has 0 aliphatic heterocycles. The number of sulfonamides is 1. The van der Waals surface area contributed by atoms with Crippen LogP contribution in [0.4, 0.5) is 10.1 Å². The number of rotatable bonds is 11. The maximum absolute atomic E-state index is 14.6. The standard InChI is InChI=1S/C29H33ClFN3O4S/c1-5-21(3)32-29(36)22(4)33(18-23-10-6-8-12-26(23)31)28(35)19-34(27-13-9-7-11-25(27)30)39(37,38)24-16-14-20(2)15-17-24/h6-17,21-22H,5,18-19H2,1-4H3,(H,32,36)/t21-,22+/m1/s1. The van der Waals surface area contributed by atoms with Crippen LogP contribution < -0.4 is 9.62 Å². The number of benzene rings is 3. The summed E-state index contributed by atoms with van der Waals surface area (Å²) in [6, 6.07) is 17.3. The molecule has 39 heavy (non-hydrogen) atoms. The second-order valence-corrected chi connectivity index (χ2v) is 11.7. The van der Waals surface area contributed by atoms with E-state index in [1.165, 1.54) is 54.3 Å². The molecule has 3 aromatic rings. The summed E-state index contributed by atoms with van der Waals surface area (Å²) < 4.78 is 43.2. The maximum Gasteiger partial charge on any atom is 0.264 e. The van der Waals surface area contributed by atoms with E-state index >= 15 is 0 Å². The van der Waals surface area contributed by atoms with Gasteiger partial charge in [0.25, 0.3) is 10.0 Å². The van der Waals surface area contributed by atoms with E-state index in [-0.39, 0.29) is 33.8 Å². The molecule has 7 nitrogen and oxygen atoms in total. The molecule has 0 unspecified atom stereocenters. The summed E-state index contributed by atoms with van der Waals surface area (Å²) in [4.78, 5) is 28.1. The normalized spacial score (nSPS) is 12.9. The molecule has 0 saturated carbocycles. The fourth-order valence-electron chi connectivity index (χ4n) is 3.86. The summed E-state index contributed by atoms with van der Waals surface area (Å²) >= 11 is 6.39. The predicted molar refractivity (Wildman–Crippen MR) is 151 cm³/mol. The molecule has 0 fully saturated rings. The van der Waals surface area contributed by atoms with Gasteiger partial charge < -0.3 is 10.2 Å². The monoisotopic (exact) mass is 573 g/mol. The van der Waals surface area contributed by atoms with E-state index in [2.05, 4.69) is 5.32 Å². The molecule has 3 aromatic carbocycles. The highest BCUT2D eigenvalue weighted by molar-refractivity contribution is 7.92. The van der Waals surface area contributed by atoms with Crippen molar-refractivity contribution < 1.29 is 22.4 Å². The SMILES string of the molecule is CC[C@@H](C)NC(=O)[C@H](C)N(Cc1ccccc1F)C(=O)CN(c1ccccc1Cl)S(=O)(=O)c1ccc(C)cc1. The summed E-state index contributed by atoms with van der Waals surface area (Å²) in [5, 5.41) is 2.97. The third-order valence-corrected chi connectivity index (χ3v) is 8.57. The Morgan fingerprint density at radius 2 is 1.59 bits per heavy atom. The number of amides is 2. The van der Waals surface area contributed by atoms with E-state index in [0.717, 1.165) is 9.87 Å². The molecule has 2 amide bonds. The molecule has 2 atom stereocenters. The molecular formula is C29H33ClFN3O4S. The lowest BCUT2D eigenvalue weighted by atomic mass is 10.1. The third kappa shape index (κ3) is 7.36. The Hall–Kier alpha value is -3.43. The first-order valence-corrected chi connectivity index (χ1v) is 14.4. The number of para-hydroxylation sites is 1. The molecule has 0 radical (unpaired) electrons. The first kappa shape index (κ1) is 30.1. The quantitative estimate of drug-likeness (QED) is 0.337.